The molecule has 1 amide bonds. The van der Waals surface area contributed by atoms with E-state index in [4.69, 9.17) is 13.9 Å². The summed E-state index contributed by atoms with van der Waals surface area (Å²) in [5.41, 5.74) is 2.46. The van der Waals surface area contributed by atoms with Gasteiger partial charge < -0.3 is 13.9 Å². The van der Waals surface area contributed by atoms with E-state index in [1.165, 1.54) is 18.7 Å². The van der Waals surface area contributed by atoms with E-state index < -0.39 is 23.1 Å². The molecule has 0 aliphatic rings. The van der Waals surface area contributed by atoms with Crippen molar-refractivity contribution in [3.8, 4) is 0 Å². The minimum absolute atomic E-state index is 0.0680. The van der Waals surface area contributed by atoms with Crippen LogP contribution in [0.5, 0.6) is 0 Å². The molecule has 11 heteroatoms. The van der Waals surface area contributed by atoms with Gasteiger partial charge in [-0.3, -0.25) is 14.5 Å². The second-order valence-corrected chi connectivity index (χ2v) is 9.37. The minimum Gasteiger partial charge on any atom is -0.462 e. The van der Waals surface area contributed by atoms with Crippen LogP contribution in [0.3, 0.4) is 0 Å². The molecule has 1 unspecified atom stereocenters. The Morgan fingerprint density at radius 3 is 2.38 bits per heavy atom. The molecule has 0 saturated carbocycles. The molecule has 37 heavy (non-hydrogen) atoms. The van der Waals surface area contributed by atoms with Crippen LogP contribution in [0, 0.1) is 13.8 Å². The summed E-state index contributed by atoms with van der Waals surface area (Å²) in [5, 5.41) is 12.3. The lowest BCUT2D eigenvalue weighted by atomic mass is 10.1. The molecular weight excluding hydrogens is 496 g/mol. The van der Waals surface area contributed by atoms with Gasteiger partial charge in [-0.1, -0.05) is 36.9 Å². The van der Waals surface area contributed by atoms with Crippen molar-refractivity contribution in [2.24, 2.45) is 0 Å². The molecule has 10 nitrogen and oxygen atoms in total. The average molecular weight is 525 g/mol. The predicted molar refractivity (Wildman–Crippen MR) is 139 cm³/mol. The van der Waals surface area contributed by atoms with Gasteiger partial charge in [-0.2, -0.15) is 0 Å². The number of thioether (sulfide) groups is 1. The standard InChI is InChI=1S/C26H28N4O6S/c1-6-18(37-26-29-28-19-13-14(4)16-11-9-10-12-17(16)30(19)26)22(31)27-23-21(25(33)35-8-3)20(15(5)36-23)24(32)34-7-2/h9-13,18H,6-8H2,1-5H3,(H,27,31). The number of nitrogens with one attached hydrogen (secondary N) is 1. The van der Waals surface area contributed by atoms with Crippen molar-refractivity contribution < 1.29 is 28.3 Å². The Balaban J connectivity index is 1.67. The average Bonchev–Trinajstić information content (AvgIpc) is 3.42. The number of para-hydroxylation sites is 1. The quantitative estimate of drug-likeness (QED) is 0.239. The van der Waals surface area contributed by atoms with Crippen LogP contribution in [0.15, 0.2) is 39.9 Å². The summed E-state index contributed by atoms with van der Waals surface area (Å²) in [7, 11) is 0. The van der Waals surface area contributed by atoms with E-state index in [9.17, 15) is 14.4 Å². The zero-order chi connectivity index (χ0) is 26.7. The molecule has 1 aromatic carbocycles. The normalized spacial score (nSPS) is 12.0. The van der Waals surface area contributed by atoms with Crippen LogP contribution in [-0.4, -0.2) is 50.9 Å². The summed E-state index contributed by atoms with van der Waals surface area (Å²) in [6, 6.07) is 9.88. The van der Waals surface area contributed by atoms with E-state index in [1.807, 2.05) is 48.6 Å². The molecule has 4 aromatic rings. The largest absolute Gasteiger partial charge is 0.462 e. The smallest absolute Gasteiger partial charge is 0.344 e. The van der Waals surface area contributed by atoms with E-state index in [0.717, 1.165) is 16.5 Å². The molecule has 1 N–H and O–H groups in total. The number of aromatic nitrogens is 3. The predicted octanol–water partition coefficient (Wildman–Crippen LogP) is 4.96. The van der Waals surface area contributed by atoms with Crippen LogP contribution in [0.25, 0.3) is 16.6 Å². The van der Waals surface area contributed by atoms with Crippen molar-refractivity contribution in [2.45, 2.75) is 51.4 Å². The van der Waals surface area contributed by atoms with Crippen LogP contribution in [0.4, 0.5) is 5.88 Å². The summed E-state index contributed by atoms with van der Waals surface area (Å²) in [6.45, 7) is 8.90. The number of carbonyl (C=O) groups is 3. The lowest BCUT2D eigenvalue weighted by molar-refractivity contribution is -0.115. The lowest BCUT2D eigenvalue weighted by Gasteiger charge is -2.14. The lowest BCUT2D eigenvalue weighted by Crippen LogP contribution is -2.26. The van der Waals surface area contributed by atoms with Crippen molar-refractivity contribution >= 4 is 52.0 Å². The number of rotatable bonds is 9. The first-order valence-corrected chi connectivity index (χ1v) is 12.9. The fourth-order valence-corrected chi connectivity index (χ4v) is 5.05. The first kappa shape index (κ1) is 26.2. The number of benzene rings is 1. The first-order chi connectivity index (χ1) is 17.8. The highest BCUT2D eigenvalue weighted by Crippen LogP contribution is 2.32. The number of furan rings is 1. The van der Waals surface area contributed by atoms with Gasteiger partial charge >= 0.3 is 11.9 Å². The molecule has 3 heterocycles. The Bertz CT molecular complexity index is 1490. The molecule has 0 spiro atoms. The Morgan fingerprint density at radius 1 is 1.03 bits per heavy atom. The van der Waals surface area contributed by atoms with E-state index >= 15 is 0 Å². The van der Waals surface area contributed by atoms with Crippen molar-refractivity contribution in [2.75, 3.05) is 18.5 Å². The third kappa shape index (κ3) is 5.04. The Hall–Kier alpha value is -3.86. The van der Waals surface area contributed by atoms with Gasteiger partial charge in [0.2, 0.25) is 11.8 Å². The van der Waals surface area contributed by atoms with E-state index in [2.05, 4.69) is 15.5 Å². The highest BCUT2D eigenvalue weighted by atomic mass is 32.2. The topological polar surface area (TPSA) is 125 Å². The number of anilines is 1. The molecule has 0 aliphatic heterocycles. The molecule has 0 aliphatic carbocycles. The molecule has 194 valence electrons. The van der Waals surface area contributed by atoms with Gasteiger partial charge in [0.15, 0.2) is 10.8 Å². The maximum Gasteiger partial charge on any atom is 0.344 e. The van der Waals surface area contributed by atoms with Crippen LogP contribution >= 0.6 is 11.8 Å². The van der Waals surface area contributed by atoms with E-state index in [1.54, 1.807) is 13.8 Å². The number of ether oxygens (including phenoxy) is 2. The van der Waals surface area contributed by atoms with Gasteiger partial charge in [0.25, 0.3) is 0 Å². The minimum atomic E-state index is -0.788. The number of hydrogen-bond donors (Lipinski definition) is 1. The van der Waals surface area contributed by atoms with Crippen molar-refractivity contribution in [1.29, 1.82) is 0 Å². The Morgan fingerprint density at radius 2 is 1.70 bits per heavy atom. The van der Waals surface area contributed by atoms with Gasteiger partial charge in [0, 0.05) is 5.39 Å². The summed E-state index contributed by atoms with van der Waals surface area (Å²) in [6.07, 6.45) is 0.453. The van der Waals surface area contributed by atoms with Crippen LogP contribution < -0.4 is 5.32 Å². The molecule has 4 rings (SSSR count). The summed E-state index contributed by atoms with van der Waals surface area (Å²) in [5.74, 6) is -1.96. The van der Waals surface area contributed by atoms with Crippen LogP contribution in [0.2, 0.25) is 0 Å². The molecule has 0 bridgehead atoms. The monoisotopic (exact) mass is 524 g/mol. The fourth-order valence-electron chi connectivity index (χ4n) is 4.07. The number of esters is 2. The third-order valence-electron chi connectivity index (χ3n) is 5.76. The van der Waals surface area contributed by atoms with Crippen molar-refractivity contribution in [3.05, 3.63) is 52.8 Å². The number of amides is 1. The van der Waals surface area contributed by atoms with Crippen molar-refractivity contribution in [3.63, 3.8) is 0 Å². The first-order valence-electron chi connectivity index (χ1n) is 12.0. The highest BCUT2D eigenvalue weighted by molar-refractivity contribution is 8.00. The SMILES string of the molecule is CCOC(=O)c1c(C)oc(NC(=O)C(CC)Sc2nnc3cc(C)c4ccccc4n23)c1C(=O)OCC. The number of pyridine rings is 1. The Labute approximate surface area is 217 Å². The van der Waals surface area contributed by atoms with Gasteiger partial charge in [0.05, 0.1) is 24.0 Å². The summed E-state index contributed by atoms with van der Waals surface area (Å²) >= 11 is 1.25. The van der Waals surface area contributed by atoms with Crippen LogP contribution in [0.1, 0.15) is 59.2 Å². The van der Waals surface area contributed by atoms with Gasteiger partial charge in [0.1, 0.15) is 16.9 Å². The van der Waals surface area contributed by atoms with Gasteiger partial charge in [-0.25, -0.2) is 9.59 Å². The second kappa shape index (κ2) is 11.0. The number of hydrogen-bond acceptors (Lipinski definition) is 9. The molecule has 3 aromatic heterocycles. The number of fused-ring (bicyclic) bond motifs is 3. The zero-order valence-electron chi connectivity index (χ0n) is 21.3. The fraction of sp³-hybridized carbons (Fsp3) is 0.346. The number of nitrogens with zero attached hydrogens (tertiary/aromatic N) is 3. The maximum atomic E-state index is 13.4. The van der Waals surface area contributed by atoms with E-state index in [-0.39, 0.29) is 36.0 Å². The second-order valence-electron chi connectivity index (χ2n) is 8.20. The van der Waals surface area contributed by atoms with E-state index in [0.29, 0.717) is 17.2 Å². The summed E-state index contributed by atoms with van der Waals surface area (Å²) < 4.78 is 17.8. The van der Waals surface area contributed by atoms with Crippen molar-refractivity contribution in [1.82, 2.24) is 14.6 Å². The van der Waals surface area contributed by atoms with Gasteiger partial charge in [-0.15, -0.1) is 10.2 Å². The number of aryl methyl sites for hydroxylation is 2. The zero-order valence-corrected chi connectivity index (χ0v) is 22.1. The Kier molecular flexibility index (Phi) is 7.82. The molecule has 0 radical (unpaired) electrons. The molecular formula is C26H28N4O6S. The maximum absolute atomic E-state index is 13.4. The molecule has 0 fully saturated rings. The molecule has 0 saturated heterocycles. The third-order valence-corrected chi connectivity index (χ3v) is 7.07. The van der Waals surface area contributed by atoms with Crippen LogP contribution in [-0.2, 0) is 14.3 Å². The number of carbonyl (C=O) groups excluding carboxylic acids is 3. The highest BCUT2D eigenvalue weighted by Gasteiger charge is 2.33. The summed E-state index contributed by atoms with van der Waals surface area (Å²) in [4.78, 5) is 38.6. The van der Waals surface area contributed by atoms with Gasteiger partial charge in [-0.05, 0) is 51.8 Å². The molecule has 1 atom stereocenters.